The van der Waals surface area contributed by atoms with E-state index in [4.69, 9.17) is 28.5 Å². The Morgan fingerprint density at radius 2 is 2.09 bits per heavy atom. The van der Waals surface area contributed by atoms with Crippen LogP contribution in [0.4, 0.5) is 18.9 Å². The Bertz CT molecular complexity index is 620. The fourth-order valence-corrected chi connectivity index (χ4v) is 2.44. The second-order valence-corrected chi connectivity index (χ2v) is 5.45. The average Bonchev–Trinajstić information content (AvgIpc) is 2.41. The Labute approximate surface area is 130 Å². The minimum atomic E-state index is -2.91. The number of nitrogens with one attached hydrogen (secondary N) is 1. The fourth-order valence-electron chi connectivity index (χ4n) is 2.27. The maximum Gasteiger partial charge on any atom is 0.252 e. The van der Waals surface area contributed by atoms with Gasteiger partial charge in [0.1, 0.15) is 11.7 Å². The third-order valence-electron chi connectivity index (χ3n) is 3.40. The van der Waals surface area contributed by atoms with E-state index in [9.17, 15) is 13.2 Å². The molecule has 1 saturated heterocycles. The molecule has 1 aliphatic heterocycles. The highest BCUT2D eigenvalue weighted by molar-refractivity contribution is 6.31. The van der Waals surface area contributed by atoms with Crippen LogP contribution in [0.5, 0.6) is 0 Å². The van der Waals surface area contributed by atoms with Crippen molar-refractivity contribution in [3.8, 4) is 0 Å². The van der Waals surface area contributed by atoms with Gasteiger partial charge in [0.05, 0.1) is 16.8 Å². The van der Waals surface area contributed by atoms with Crippen LogP contribution in [-0.2, 0) is 0 Å². The van der Waals surface area contributed by atoms with Crippen molar-refractivity contribution in [1.82, 2.24) is 4.90 Å². The highest BCUT2D eigenvalue weighted by atomic mass is 35.5. The zero-order valence-corrected chi connectivity index (χ0v) is 12.2. The van der Waals surface area contributed by atoms with Crippen LogP contribution in [0, 0.1) is 11.2 Å². The highest BCUT2D eigenvalue weighted by Crippen LogP contribution is 2.32. The van der Waals surface area contributed by atoms with Crippen LogP contribution >= 0.6 is 11.6 Å². The van der Waals surface area contributed by atoms with Gasteiger partial charge in [0, 0.05) is 19.4 Å². The number of nitrogens with zero attached hydrogens (tertiary/aromatic N) is 2. The molecule has 1 unspecified atom stereocenters. The van der Waals surface area contributed by atoms with Crippen molar-refractivity contribution in [3.05, 3.63) is 29.0 Å². The molecule has 9 heteroatoms. The Kier molecular flexibility index (Phi) is 4.50. The van der Waals surface area contributed by atoms with E-state index in [-0.39, 0.29) is 29.0 Å². The second kappa shape index (κ2) is 6.04. The molecule has 5 N–H and O–H groups in total. The largest absolute Gasteiger partial charge is 0.385 e. The fraction of sp³-hybridized carbons (Fsp3) is 0.385. The van der Waals surface area contributed by atoms with Crippen LogP contribution in [0.2, 0.25) is 5.02 Å². The van der Waals surface area contributed by atoms with Crippen molar-refractivity contribution < 1.29 is 13.2 Å². The normalized spacial score (nSPS) is 21.7. The summed E-state index contributed by atoms with van der Waals surface area (Å²) < 4.78 is 40.3. The number of aliphatic imine (C=N–C) groups is 1. The number of benzene rings is 1. The van der Waals surface area contributed by atoms with Gasteiger partial charge in [-0.05, 0) is 18.2 Å². The summed E-state index contributed by atoms with van der Waals surface area (Å²) in [5.74, 6) is -4.00. The van der Waals surface area contributed by atoms with E-state index in [1.165, 1.54) is 17.0 Å². The summed E-state index contributed by atoms with van der Waals surface area (Å²) in [6.07, 6.45) is -0.990. The topological polar surface area (TPSA) is 91.5 Å². The van der Waals surface area contributed by atoms with Crippen LogP contribution in [0.3, 0.4) is 0 Å². The number of hydrogen-bond donors (Lipinski definition) is 3. The van der Waals surface area contributed by atoms with E-state index in [2.05, 4.69) is 4.99 Å². The SMILES string of the molecule is N=C(N)N1CCC(F)(F)CC1C(N)=Nc1ccc(F)c(Cl)c1. The summed E-state index contributed by atoms with van der Waals surface area (Å²) in [7, 11) is 0. The van der Waals surface area contributed by atoms with Gasteiger partial charge >= 0.3 is 0 Å². The summed E-state index contributed by atoms with van der Waals surface area (Å²) in [6, 6.07) is 2.67. The first-order valence-electron chi connectivity index (χ1n) is 6.47. The van der Waals surface area contributed by atoms with Crippen molar-refractivity contribution in [3.63, 3.8) is 0 Å². The van der Waals surface area contributed by atoms with Crippen LogP contribution < -0.4 is 11.5 Å². The first kappa shape index (κ1) is 16.4. The first-order valence-corrected chi connectivity index (χ1v) is 6.85. The molecule has 1 aromatic carbocycles. The summed E-state index contributed by atoms with van der Waals surface area (Å²) >= 11 is 5.64. The van der Waals surface area contributed by atoms with Crippen LogP contribution in [0.1, 0.15) is 12.8 Å². The van der Waals surface area contributed by atoms with Gasteiger partial charge in [-0.3, -0.25) is 5.41 Å². The van der Waals surface area contributed by atoms with Crippen molar-refractivity contribution in [1.29, 1.82) is 5.41 Å². The molecule has 1 fully saturated rings. The number of nitrogens with two attached hydrogens (primary N) is 2. The quantitative estimate of drug-likeness (QED) is 0.573. The molecule has 5 nitrogen and oxygen atoms in total. The van der Waals surface area contributed by atoms with Gasteiger partial charge in [-0.15, -0.1) is 0 Å². The van der Waals surface area contributed by atoms with E-state index in [1.54, 1.807) is 0 Å². The summed E-state index contributed by atoms with van der Waals surface area (Å²) in [5.41, 5.74) is 11.4. The van der Waals surface area contributed by atoms with E-state index in [0.717, 1.165) is 6.07 Å². The van der Waals surface area contributed by atoms with Crippen molar-refractivity contribution in [2.75, 3.05) is 6.54 Å². The van der Waals surface area contributed by atoms with E-state index in [0.29, 0.717) is 0 Å². The number of likely N-dealkylation sites (tertiary alicyclic amines) is 1. The summed E-state index contributed by atoms with van der Waals surface area (Å²) in [4.78, 5) is 5.26. The molecule has 1 aromatic rings. The molecule has 0 aromatic heterocycles. The van der Waals surface area contributed by atoms with Gasteiger partial charge < -0.3 is 16.4 Å². The lowest BCUT2D eigenvalue weighted by Gasteiger charge is -2.39. The number of guanidine groups is 1. The van der Waals surface area contributed by atoms with Crippen molar-refractivity contribution in [2.24, 2.45) is 16.5 Å². The molecule has 0 bridgehead atoms. The molecular weight excluding hydrogens is 319 g/mol. The Hall–Kier alpha value is -1.96. The molecule has 0 amide bonds. The van der Waals surface area contributed by atoms with Crippen molar-refractivity contribution in [2.45, 2.75) is 24.8 Å². The molecule has 2 rings (SSSR count). The molecular formula is C13H15ClF3N5. The van der Waals surface area contributed by atoms with E-state index in [1.807, 2.05) is 0 Å². The predicted octanol–water partition coefficient (Wildman–Crippen LogP) is 2.46. The molecule has 0 radical (unpaired) electrons. The lowest BCUT2D eigenvalue weighted by atomic mass is 9.98. The monoisotopic (exact) mass is 333 g/mol. The second-order valence-electron chi connectivity index (χ2n) is 5.04. The Morgan fingerprint density at radius 1 is 1.41 bits per heavy atom. The average molecular weight is 334 g/mol. The minimum Gasteiger partial charge on any atom is -0.385 e. The van der Waals surface area contributed by atoms with E-state index >= 15 is 0 Å². The Morgan fingerprint density at radius 3 is 2.68 bits per heavy atom. The number of hydrogen-bond acceptors (Lipinski definition) is 2. The third kappa shape index (κ3) is 3.62. The molecule has 22 heavy (non-hydrogen) atoms. The lowest BCUT2D eigenvalue weighted by molar-refractivity contribution is -0.0526. The number of rotatable bonds is 2. The van der Waals surface area contributed by atoms with E-state index < -0.39 is 30.6 Å². The number of amidine groups is 1. The van der Waals surface area contributed by atoms with Crippen LogP contribution in [0.15, 0.2) is 23.2 Å². The van der Waals surface area contributed by atoms with Gasteiger partial charge in [-0.25, -0.2) is 18.2 Å². The summed E-state index contributed by atoms with van der Waals surface area (Å²) in [6.45, 7) is -0.0899. The maximum atomic E-state index is 13.6. The van der Waals surface area contributed by atoms with Gasteiger partial charge in [0.25, 0.3) is 5.92 Å². The zero-order chi connectivity index (χ0) is 16.5. The maximum absolute atomic E-state index is 13.6. The minimum absolute atomic E-state index is 0.0899. The number of piperidine rings is 1. The molecule has 0 saturated carbocycles. The molecule has 0 spiro atoms. The summed E-state index contributed by atoms with van der Waals surface area (Å²) in [5, 5.41) is 7.31. The number of alkyl halides is 2. The molecule has 1 aliphatic rings. The Balaban J connectivity index is 2.30. The van der Waals surface area contributed by atoms with Gasteiger partial charge in [-0.2, -0.15) is 0 Å². The predicted molar refractivity (Wildman–Crippen MR) is 79.3 cm³/mol. The molecule has 0 aliphatic carbocycles. The molecule has 1 heterocycles. The standard InChI is InChI=1S/C13H15ClF3N5/c14-8-5-7(1-2-9(8)15)21-11(18)10-6-13(16,17)3-4-22(10)12(19)20/h1-2,5,10H,3-4,6H2,(H2,18,21)(H3,19,20). The number of halogens is 4. The molecule has 120 valence electrons. The van der Waals surface area contributed by atoms with Crippen LogP contribution in [0.25, 0.3) is 0 Å². The van der Waals surface area contributed by atoms with Crippen LogP contribution in [-0.4, -0.2) is 35.2 Å². The van der Waals surface area contributed by atoms with Gasteiger partial charge in [0.15, 0.2) is 5.96 Å². The third-order valence-corrected chi connectivity index (χ3v) is 3.69. The first-order chi connectivity index (χ1) is 10.2. The van der Waals surface area contributed by atoms with Gasteiger partial charge in [-0.1, -0.05) is 11.6 Å². The molecule has 1 atom stereocenters. The lowest BCUT2D eigenvalue weighted by Crippen LogP contribution is -2.56. The zero-order valence-electron chi connectivity index (χ0n) is 11.5. The highest BCUT2D eigenvalue weighted by Gasteiger charge is 2.42. The smallest absolute Gasteiger partial charge is 0.252 e. The van der Waals surface area contributed by atoms with Gasteiger partial charge in [0.2, 0.25) is 0 Å². The van der Waals surface area contributed by atoms with Crippen molar-refractivity contribution >= 4 is 29.1 Å².